The molecule has 0 bridgehead atoms. The molecule has 0 radical (unpaired) electrons. The van der Waals surface area contributed by atoms with Crippen molar-refractivity contribution in [3.63, 3.8) is 0 Å². The van der Waals surface area contributed by atoms with Crippen LogP contribution in [-0.4, -0.2) is 23.8 Å². The summed E-state index contributed by atoms with van der Waals surface area (Å²) in [5.41, 5.74) is 0. The summed E-state index contributed by atoms with van der Waals surface area (Å²) in [4.78, 5) is 0. The molecule has 2 N–H and O–H groups in total. The molecule has 1 saturated carbocycles. The molecule has 1 fully saturated rings. The topological polar surface area (TPSA) is 32.3 Å². The van der Waals surface area contributed by atoms with Crippen LogP contribution in [0.4, 0.5) is 0 Å². The fourth-order valence-corrected chi connectivity index (χ4v) is 2.82. The van der Waals surface area contributed by atoms with Gasteiger partial charge in [-0.1, -0.05) is 26.7 Å². The van der Waals surface area contributed by atoms with Gasteiger partial charge in [0.25, 0.3) is 0 Å². The van der Waals surface area contributed by atoms with Gasteiger partial charge in [-0.25, -0.2) is 0 Å². The van der Waals surface area contributed by atoms with E-state index >= 15 is 0 Å². The van der Waals surface area contributed by atoms with Gasteiger partial charge in [0.05, 0.1) is 6.10 Å². The van der Waals surface area contributed by atoms with Crippen LogP contribution in [0.2, 0.25) is 0 Å². The summed E-state index contributed by atoms with van der Waals surface area (Å²) in [6.07, 6.45) is 9.73. The molecule has 0 spiro atoms. The Bertz CT molecular complexity index is 172. The van der Waals surface area contributed by atoms with Crippen molar-refractivity contribution in [3.8, 4) is 0 Å². The van der Waals surface area contributed by atoms with Crippen molar-refractivity contribution in [2.24, 2.45) is 5.92 Å². The Kier molecular flexibility index (Phi) is 7.06. The van der Waals surface area contributed by atoms with Gasteiger partial charge in [-0.3, -0.25) is 0 Å². The van der Waals surface area contributed by atoms with Crippen molar-refractivity contribution in [2.75, 3.05) is 6.54 Å². The molecule has 3 atom stereocenters. The van der Waals surface area contributed by atoms with E-state index < -0.39 is 0 Å². The molecule has 0 aliphatic heterocycles. The SMILES string of the molecule is CCCC(CC)NCCCC1CCCC1O. The number of aliphatic hydroxyl groups is 1. The maximum Gasteiger partial charge on any atom is 0.0568 e. The third kappa shape index (κ3) is 4.84. The van der Waals surface area contributed by atoms with Crippen LogP contribution in [0.5, 0.6) is 0 Å². The number of aliphatic hydroxyl groups excluding tert-OH is 1. The highest BCUT2D eigenvalue weighted by Crippen LogP contribution is 2.28. The van der Waals surface area contributed by atoms with E-state index in [-0.39, 0.29) is 6.10 Å². The summed E-state index contributed by atoms with van der Waals surface area (Å²) in [7, 11) is 0. The van der Waals surface area contributed by atoms with Crippen LogP contribution in [0.15, 0.2) is 0 Å². The quantitative estimate of drug-likeness (QED) is 0.625. The predicted octanol–water partition coefficient (Wildman–Crippen LogP) is 3.10. The Balaban J connectivity index is 2.02. The summed E-state index contributed by atoms with van der Waals surface area (Å²) in [5.74, 6) is 0.591. The molecule has 0 amide bonds. The normalized spacial score (nSPS) is 27.2. The molecule has 96 valence electrons. The van der Waals surface area contributed by atoms with Crippen molar-refractivity contribution < 1.29 is 5.11 Å². The lowest BCUT2D eigenvalue weighted by Crippen LogP contribution is -2.29. The fourth-order valence-electron chi connectivity index (χ4n) is 2.82. The second-order valence-corrected chi connectivity index (χ2v) is 5.25. The first-order chi connectivity index (χ1) is 7.77. The zero-order valence-corrected chi connectivity index (χ0v) is 11.0. The van der Waals surface area contributed by atoms with Crippen LogP contribution in [0.25, 0.3) is 0 Å². The molecular formula is C14H29NO. The van der Waals surface area contributed by atoms with Crippen molar-refractivity contribution in [1.82, 2.24) is 5.32 Å². The Morgan fingerprint density at radius 3 is 2.69 bits per heavy atom. The van der Waals surface area contributed by atoms with Crippen LogP contribution in [-0.2, 0) is 0 Å². The van der Waals surface area contributed by atoms with E-state index in [0.29, 0.717) is 12.0 Å². The Morgan fingerprint density at radius 2 is 2.12 bits per heavy atom. The highest BCUT2D eigenvalue weighted by molar-refractivity contribution is 4.76. The fraction of sp³-hybridized carbons (Fsp3) is 1.00. The van der Waals surface area contributed by atoms with Crippen LogP contribution in [0.3, 0.4) is 0 Å². The van der Waals surface area contributed by atoms with Crippen molar-refractivity contribution >= 4 is 0 Å². The van der Waals surface area contributed by atoms with Gasteiger partial charge in [0.2, 0.25) is 0 Å². The van der Waals surface area contributed by atoms with Crippen LogP contribution < -0.4 is 5.32 Å². The molecule has 1 aliphatic rings. The number of hydrogen-bond donors (Lipinski definition) is 2. The molecule has 0 aromatic carbocycles. The lowest BCUT2D eigenvalue weighted by Gasteiger charge is -2.18. The number of rotatable bonds is 8. The van der Waals surface area contributed by atoms with Crippen molar-refractivity contribution in [3.05, 3.63) is 0 Å². The minimum Gasteiger partial charge on any atom is -0.393 e. The third-order valence-corrected chi connectivity index (χ3v) is 3.93. The molecule has 0 heterocycles. The molecule has 1 aliphatic carbocycles. The molecular weight excluding hydrogens is 198 g/mol. The van der Waals surface area contributed by atoms with Gasteiger partial charge >= 0.3 is 0 Å². The van der Waals surface area contributed by atoms with E-state index in [4.69, 9.17) is 0 Å². The van der Waals surface area contributed by atoms with Crippen LogP contribution in [0, 0.1) is 5.92 Å². The summed E-state index contributed by atoms with van der Waals surface area (Å²) in [6, 6.07) is 0.707. The Hall–Kier alpha value is -0.0800. The Morgan fingerprint density at radius 1 is 1.31 bits per heavy atom. The van der Waals surface area contributed by atoms with Gasteiger partial charge in [-0.15, -0.1) is 0 Å². The summed E-state index contributed by atoms with van der Waals surface area (Å²) < 4.78 is 0. The van der Waals surface area contributed by atoms with Gasteiger partial charge < -0.3 is 10.4 Å². The zero-order valence-electron chi connectivity index (χ0n) is 11.0. The standard InChI is InChI=1S/C14H29NO/c1-3-7-13(4-2)15-11-6-9-12-8-5-10-14(12)16/h12-16H,3-11H2,1-2H3. The summed E-state index contributed by atoms with van der Waals surface area (Å²) in [6.45, 7) is 5.63. The van der Waals surface area contributed by atoms with E-state index in [9.17, 15) is 5.11 Å². The van der Waals surface area contributed by atoms with E-state index in [0.717, 1.165) is 13.0 Å². The van der Waals surface area contributed by atoms with E-state index in [2.05, 4.69) is 19.2 Å². The second kappa shape index (κ2) is 8.08. The first-order valence-electron chi connectivity index (χ1n) is 7.19. The van der Waals surface area contributed by atoms with Crippen molar-refractivity contribution in [2.45, 2.75) is 77.4 Å². The van der Waals surface area contributed by atoms with Gasteiger partial charge in [0.1, 0.15) is 0 Å². The molecule has 3 unspecified atom stereocenters. The summed E-state index contributed by atoms with van der Waals surface area (Å²) in [5, 5.41) is 13.3. The highest BCUT2D eigenvalue weighted by Gasteiger charge is 2.24. The van der Waals surface area contributed by atoms with E-state index in [1.165, 1.54) is 44.9 Å². The lowest BCUT2D eigenvalue weighted by atomic mass is 9.99. The molecule has 2 nitrogen and oxygen atoms in total. The number of nitrogens with one attached hydrogen (secondary N) is 1. The largest absolute Gasteiger partial charge is 0.393 e. The number of hydrogen-bond acceptors (Lipinski definition) is 2. The Labute approximate surface area is 101 Å². The second-order valence-electron chi connectivity index (χ2n) is 5.25. The van der Waals surface area contributed by atoms with Gasteiger partial charge in [0, 0.05) is 6.04 Å². The molecule has 1 rings (SSSR count). The van der Waals surface area contributed by atoms with Crippen LogP contribution >= 0.6 is 0 Å². The molecule has 16 heavy (non-hydrogen) atoms. The van der Waals surface area contributed by atoms with Gasteiger partial charge in [0.15, 0.2) is 0 Å². The minimum absolute atomic E-state index is 0.00221. The monoisotopic (exact) mass is 227 g/mol. The lowest BCUT2D eigenvalue weighted by molar-refractivity contribution is 0.126. The molecule has 0 aromatic rings. The average Bonchev–Trinajstić information content (AvgIpc) is 2.69. The maximum atomic E-state index is 9.71. The smallest absolute Gasteiger partial charge is 0.0568 e. The first-order valence-corrected chi connectivity index (χ1v) is 7.19. The van der Waals surface area contributed by atoms with E-state index in [1.54, 1.807) is 0 Å². The van der Waals surface area contributed by atoms with E-state index in [1.807, 2.05) is 0 Å². The summed E-state index contributed by atoms with van der Waals surface area (Å²) >= 11 is 0. The highest BCUT2D eigenvalue weighted by atomic mass is 16.3. The van der Waals surface area contributed by atoms with Crippen molar-refractivity contribution in [1.29, 1.82) is 0 Å². The zero-order chi connectivity index (χ0) is 11.8. The predicted molar refractivity (Wildman–Crippen MR) is 69.6 cm³/mol. The molecule has 0 saturated heterocycles. The maximum absolute atomic E-state index is 9.71. The van der Waals surface area contributed by atoms with Gasteiger partial charge in [-0.2, -0.15) is 0 Å². The molecule has 2 heteroatoms. The first kappa shape index (κ1) is 14.0. The third-order valence-electron chi connectivity index (χ3n) is 3.93. The molecule has 0 aromatic heterocycles. The van der Waals surface area contributed by atoms with Gasteiger partial charge in [-0.05, 0) is 51.0 Å². The van der Waals surface area contributed by atoms with Crippen LogP contribution in [0.1, 0.15) is 65.2 Å². The minimum atomic E-state index is -0.00221. The average molecular weight is 227 g/mol.